The molecule has 26 heavy (non-hydrogen) atoms. The number of nitrogens with zero attached hydrogens (tertiary/aromatic N) is 2. The number of carbonyl (C=O) groups excluding carboxylic acids is 2. The molecule has 0 unspecified atom stereocenters. The van der Waals surface area contributed by atoms with Gasteiger partial charge in [0.2, 0.25) is 5.91 Å². The Labute approximate surface area is 152 Å². The van der Waals surface area contributed by atoms with E-state index in [1.54, 1.807) is 54.3 Å². The van der Waals surface area contributed by atoms with Gasteiger partial charge in [-0.05, 0) is 37.5 Å². The Bertz CT molecular complexity index is 867. The third kappa shape index (κ3) is 2.68. The summed E-state index contributed by atoms with van der Waals surface area (Å²) in [6.07, 6.45) is 1.91. The van der Waals surface area contributed by atoms with Crippen LogP contribution in [0.25, 0.3) is 11.1 Å². The van der Waals surface area contributed by atoms with Crippen LogP contribution in [0.1, 0.15) is 30.1 Å². The van der Waals surface area contributed by atoms with Crippen LogP contribution in [0.5, 0.6) is 0 Å². The van der Waals surface area contributed by atoms with Gasteiger partial charge in [0.05, 0.1) is 0 Å². The summed E-state index contributed by atoms with van der Waals surface area (Å²) < 4.78 is 14.3. The highest BCUT2D eigenvalue weighted by atomic mass is 19.1. The fraction of sp³-hybridized carbons (Fsp3) is 0.333. The fourth-order valence-corrected chi connectivity index (χ4v) is 4.07. The molecule has 2 aliphatic rings. The Morgan fingerprint density at radius 2 is 1.77 bits per heavy atom. The minimum Gasteiger partial charge on any atom is -0.336 e. The van der Waals surface area contributed by atoms with Crippen LogP contribution < -0.4 is 0 Å². The Morgan fingerprint density at radius 1 is 1.08 bits per heavy atom. The first-order valence-corrected chi connectivity index (χ1v) is 9.03. The molecular formula is C21H21FN2O2. The Kier molecular flexibility index (Phi) is 4.23. The van der Waals surface area contributed by atoms with Gasteiger partial charge in [0.1, 0.15) is 11.9 Å². The Morgan fingerprint density at radius 3 is 2.54 bits per heavy atom. The van der Waals surface area contributed by atoms with Gasteiger partial charge in [-0.1, -0.05) is 36.4 Å². The van der Waals surface area contributed by atoms with Crippen molar-refractivity contribution in [3.05, 3.63) is 59.9 Å². The van der Waals surface area contributed by atoms with Gasteiger partial charge in [-0.25, -0.2) is 4.39 Å². The van der Waals surface area contributed by atoms with Crippen molar-refractivity contribution in [2.75, 3.05) is 13.1 Å². The van der Waals surface area contributed by atoms with Crippen LogP contribution in [0.4, 0.5) is 4.39 Å². The van der Waals surface area contributed by atoms with Crippen molar-refractivity contribution in [1.29, 1.82) is 0 Å². The van der Waals surface area contributed by atoms with Crippen molar-refractivity contribution in [2.45, 2.75) is 31.8 Å². The summed E-state index contributed by atoms with van der Waals surface area (Å²) in [7, 11) is 0. The molecule has 2 fully saturated rings. The summed E-state index contributed by atoms with van der Waals surface area (Å²) in [6, 6.07) is 13.1. The number of amides is 2. The molecule has 2 saturated heterocycles. The number of benzene rings is 2. The van der Waals surface area contributed by atoms with E-state index in [0.717, 1.165) is 19.4 Å². The van der Waals surface area contributed by atoms with Gasteiger partial charge in [-0.2, -0.15) is 0 Å². The second kappa shape index (κ2) is 6.56. The molecule has 2 heterocycles. The monoisotopic (exact) mass is 352 g/mol. The van der Waals surface area contributed by atoms with Gasteiger partial charge in [-0.3, -0.25) is 9.59 Å². The molecule has 0 radical (unpaired) electrons. The lowest BCUT2D eigenvalue weighted by Gasteiger charge is -2.41. The molecule has 0 bridgehead atoms. The van der Waals surface area contributed by atoms with Crippen LogP contribution in [0.3, 0.4) is 0 Å². The summed E-state index contributed by atoms with van der Waals surface area (Å²) >= 11 is 0. The molecule has 2 atom stereocenters. The van der Waals surface area contributed by atoms with E-state index in [-0.39, 0.29) is 23.7 Å². The van der Waals surface area contributed by atoms with E-state index in [1.807, 2.05) is 4.90 Å². The van der Waals surface area contributed by atoms with E-state index in [0.29, 0.717) is 23.2 Å². The molecule has 0 spiro atoms. The number of carbonyl (C=O) groups is 2. The molecule has 0 saturated carbocycles. The number of fused-ring (bicyclic) bond motifs is 1. The number of piperazine rings is 1. The first kappa shape index (κ1) is 16.8. The Balaban J connectivity index is 1.71. The molecule has 4 rings (SSSR count). The van der Waals surface area contributed by atoms with Crippen molar-refractivity contribution in [3.63, 3.8) is 0 Å². The lowest BCUT2D eigenvalue weighted by Crippen LogP contribution is -2.60. The molecule has 4 nitrogen and oxygen atoms in total. The number of rotatable bonds is 2. The number of hydrogen-bond acceptors (Lipinski definition) is 2. The normalized spacial score (nSPS) is 22.5. The highest BCUT2D eigenvalue weighted by Crippen LogP contribution is 2.30. The molecule has 0 N–H and O–H groups in total. The predicted octanol–water partition coefficient (Wildman–Crippen LogP) is 3.33. The van der Waals surface area contributed by atoms with Gasteiger partial charge in [0.15, 0.2) is 0 Å². The molecule has 134 valence electrons. The van der Waals surface area contributed by atoms with Crippen molar-refractivity contribution in [3.8, 4) is 11.1 Å². The summed E-state index contributed by atoms with van der Waals surface area (Å²) in [6.45, 7) is 3.10. The van der Waals surface area contributed by atoms with E-state index < -0.39 is 6.04 Å². The molecule has 2 aromatic rings. The van der Waals surface area contributed by atoms with E-state index in [4.69, 9.17) is 0 Å². The molecule has 2 aromatic carbocycles. The molecule has 2 amide bonds. The maximum absolute atomic E-state index is 14.3. The van der Waals surface area contributed by atoms with Crippen LogP contribution in [0.15, 0.2) is 48.5 Å². The highest BCUT2D eigenvalue weighted by molar-refractivity contribution is 6.03. The van der Waals surface area contributed by atoms with E-state index >= 15 is 0 Å². The highest BCUT2D eigenvalue weighted by Gasteiger charge is 2.42. The average Bonchev–Trinajstić information content (AvgIpc) is 3.13. The molecule has 2 aliphatic heterocycles. The summed E-state index contributed by atoms with van der Waals surface area (Å²) in [5, 5.41) is 0. The SMILES string of the molecule is C[C@@H]1C(=O)N2CCC[C@H]2CN1C(=O)c1ccccc1-c1ccccc1F. The van der Waals surface area contributed by atoms with Crippen LogP contribution >= 0.6 is 0 Å². The summed E-state index contributed by atoms with van der Waals surface area (Å²) in [4.78, 5) is 29.5. The zero-order chi connectivity index (χ0) is 18.3. The summed E-state index contributed by atoms with van der Waals surface area (Å²) in [5.41, 5.74) is 1.39. The fourth-order valence-electron chi connectivity index (χ4n) is 4.07. The third-order valence-corrected chi connectivity index (χ3v) is 5.47. The van der Waals surface area contributed by atoms with E-state index in [9.17, 15) is 14.0 Å². The smallest absolute Gasteiger partial charge is 0.255 e. The average molecular weight is 352 g/mol. The maximum Gasteiger partial charge on any atom is 0.255 e. The topological polar surface area (TPSA) is 40.6 Å². The van der Waals surface area contributed by atoms with Crippen LogP contribution in [-0.2, 0) is 4.79 Å². The number of halogens is 1. The van der Waals surface area contributed by atoms with Crippen molar-refractivity contribution >= 4 is 11.8 Å². The third-order valence-electron chi connectivity index (χ3n) is 5.47. The van der Waals surface area contributed by atoms with Crippen molar-refractivity contribution in [1.82, 2.24) is 9.80 Å². The number of hydrogen-bond donors (Lipinski definition) is 0. The van der Waals surface area contributed by atoms with E-state index in [2.05, 4.69) is 0 Å². The van der Waals surface area contributed by atoms with E-state index in [1.165, 1.54) is 6.07 Å². The molecule has 5 heteroatoms. The van der Waals surface area contributed by atoms with Crippen LogP contribution in [-0.4, -0.2) is 46.8 Å². The van der Waals surface area contributed by atoms with Gasteiger partial charge in [-0.15, -0.1) is 0 Å². The zero-order valence-electron chi connectivity index (χ0n) is 14.7. The second-order valence-corrected chi connectivity index (χ2v) is 6.99. The van der Waals surface area contributed by atoms with Gasteiger partial charge in [0, 0.05) is 30.3 Å². The van der Waals surface area contributed by atoms with Gasteiger partial charge in [0.25, 0.3) is 5.91 Å². The minimum absolute atomic E-state index is 0.00970. The first-order valence-electron chi connectivity index (χ1n) is 9.03. The first-order chi connectivity index (χ1) is 12.6. The second-order valence-electron chi connectivity index (χ2n) is 6.99. The van der Waals surface area contributed by atoms with Gasteiger partial charge >= 0.3 is 0 Å². The quantitative estimate of drug-likeness (QED) is 0.832. The standard InChI is InChI=1S/C21H21FN2O2/c1-14-20(25)23-12-6-7-15(23)13-24(14)21(26)18-10-3-2-8-16(18)17-9-4-5-11-19(17)22/h2-5,8-11,14-15H,6-7,12-13H2,1H3/t14-,15+/m1/s1. The molecular weight excluding hydrogens is 331 g/mol. The van der Waals surface area contributed by atoms with Gasteiger partial charge < -0.3 is 9.80 Å². The lowest BCUT2D eigenvalue weighted by atomic mass is 9.97. The molecule has 0 aliphatic carbocycles. The zero-order valence-corrected chi connectivity index (χ0v) is 14.7. The Hall–Kier alpha value is -2.69. The van der Waals surface area contributed by atoms with Crippen molar-refractivity contribution < 1.29 is 14.0 Å². The van der Waals surface area contributed by atoms with Crippen LogP contribution in [0.2, 0.25) is 0 Å². The lowest BCUT2D eigenvalue weighted by molar-refractivity contribution is -0.141. The summed E-state index contributed by atoms with van der Waals surface area (Å²) in [5.74, 6) is -0.566. The van der Waals surface area contributed by atoms with Crippen LogP contribution in [0, 0.1) is 5.82 Å². The minimum atomic E-state index is -0.495. The molecule has 0 aromatic heterocycles. The largest absolute Gasteiger partial charge is 0.336 e. The predicted molar refractivity (Wildman–Crippen MR) is 97.1 cm³/mol. The maximum atomic E-state index is 14.3. The van der Waals surface area contributed by atoms with Crippen molar-refractivity contribution in [2.24, 2.45) is 0 Å².